The molecule has 0 saturated carbocycles. The normalized spacial score (nSPS) is 11.3. The lowest BCUT2D eigenvalue weighted by atomic mass is 10.2. The van der Waals surface area contributed by atoms with Gasteiger partial charge in [-0.05, 0) is 30.3 Å². The van der Waals surface area contributed by atoms with Crippen LogP contribution in [0, 0.1) is 5.82 Å². The van der Waals surface area contributed by atoms with E-state index < -0.39 is 15.7 Å². The molecular formula is C14H12BrFO3S. The number of hydrogen-bond donors (Lipinski definition) is 0. The quantitative estimate of drug-likeness (QED) is 0.778. The lowest BCUT2D eigenvalue weighted by Crippen LogP contribution is -1.97. The average Bonchev–Trinajstić information content (AvgIpc) is 2.40. The van der Waals surface area contributed by atoms with Gasteiger partial charge in [0.1, 0.15) is 5.75 Å². The molecule has 0 aliphatic carbocycles. The van der Waals surface area contributed by atoms with Crippen molar-refractivity contribution >= 4 is 25.8 Å². The largest absolute Gasteiger partial charge is 0.454 e. The van der Waals surface area contributed by atoms with Crippen LogP contribution >= 0.6 is 15.9 Å². The van der Waals surface area contributed by atoms with Crippen molar-refractivity contribution in [1.29, 1.82) is 0 Å². The molecule has 0 aromatic heterocycles. The smallest absolute Gasteiger partial charge is 0.175 e. The Labute approximate surface area is 125 Å². The molecule has 2 rings (SSSR count). The highest BCUT2D eigenvalue weighted by Gasteiger charge is 2.11. The van der Waals surface area contributed by atoms with E-state index in [1.165, 1.54) is 30.3 Å². The zero-order valence-corrected chi connectivity index (χ0v) is 13.0. The molecular weight excluding hydrogens is 347 g/mol. The Hall–Kier alpha value is -1.40. The van der Waals surface area contributed by atoms with Gasteiger partial charge in [0, 0.05) is 17.1 Å². The Morgan fingerprint density at radius 1 is 1.15 bits per heavy atom. The lowest BCUT2D eigenvalue weighted by Gasteiger charge is -2.10. The summed E-state index contributed by atoms with van der Waals surface area (Å²) in [7, 11) is -3.25. The van der Waals surface area contributed by atoms with Crippen molar-refractivity contribution < 1.29 is 17.5 Å². The fourth-order valence-corrected chi connectivity index (χ4v) is 2.72. The third kappa shape index (κ3) is 3.37. The van der Waals surface area contributed by atoms with E-state index in [0.717, 1.165) is 6.26 Å². The molecule has 3 nitrogen and oxygen atoms in total. The molecule has 0 N–H and O–H groups in total. The van der Waals surface area contributed by atoms with Crippen LogP contribution in [0.25, 0.3) is 0 Å². The number of benzene rings is 2. The molecule has 0 bridgehead atoms. The van der Waals surface area contributed by atoms with Gasteiger partial charge in [0.2, 0.25) is 0 Å². The van der Waals surface area contributed by atoms with Gasteiger partial charge in [0.15, 0.2) is 21.4 Å². The van der Waals surface area contributed by atoms with E-state index in [-0.39, 0.29) is 10.6 Å². The van der Waals surface area contributed by atoms with Gasteiger partial charge in [-0.3, -0.25) is 0 Å². The summed E-state index contributed by atoms with van der Waals surface area (Å²) in [4.78, 5) is 0.194. The number of hydrogen-bond acceptors (Lipinski definition) is 3. The predicted molar refractivity (Wildman–Crippen MR) is 78.7 cm³/mol. The SMILES string of the molecule is CS(=O)(=O)c1ccc(Oc2c(F)cccc2CBr)cc1. The second-order valence-corrected chi connectivity index (χ2v) is 6.78. The van der Waals surface area contributed by atoms with E-state index in [4.69, 9.17) is 4.74 Å². The molecule has 2 aromatic carbocycles. The minimum atomic E-state index is -3.25. The number of sulfone groups is 1. The summed E-state index contributed by atoms with van der Waals surface area (Å²) in [5, 5.41) is 0.460. The van der Waals surface area contributed by atoms with Gasteiger partial charge in [-0.15, -0.1) is 0 Å². The number of halogens is 2. The highest BCUT2D eigenvalue weighted by molar-refractivity contribution is 9.08. The zero-order chi connectivity index (χ0) is 14.8. The van der Waals surface area contributed by atoms with E-state index in [0.29, 0.717) is 16.6 Å². The van der Waals surface area contributed by atoms with Crippen LogP contribution in [0.1, 0.15) is 5.56 Å². The van der Waals surface area contributed by atoms with Gasteiger partial charge in [-0.1, -0.05) is 28.1 Å². The van der Waals surface area contributed by atoms with Crippen molar-refractivity contribution in [3.05, 3.63) is 53.8 Å². The molecule has 0 amide bonds. The van der Waals surface area contributed by atoms with Crippen LogP contribution in [-0.4, -0.2) is 14.7 Å². The van der Waals surface area contributed by atoms with Gasteiger partial charge >= 0.3 is 0 Å². The Bertz CT molecular complexity index is 712. The summed E-state index contributed by atoms with van der Waals surface area (Å²) < 4.78 is 41.9. The Balaban J connectivity index is 2.32. The van der Waals surface area contributed by atoms with E-state index in [9.17, 15) is 12.8 Å². The first kappa shape index (κ1) is 15.0. The minimum Gasteiger partial charge on any atom is -0.454 e. The molecule has 0 aliphatic heterocycles. The first-order valence-corrected chi connectivity index (χ1v) is 8.74. The van der Waals surface area contributed by atoms with Gasteiger partial charge in [0.05, 0.1) is 4.90 Å². The van der Waals surface area contributed by atoms with Gasteiger partial charge in [0.25, 0.3) is 0 Å². The number of ether oxygens (including phenoxy) is 1. The third-order valence-corrected chi connectivity index (χ3v) is 4.40. The summed E-state index contributed by atoms with van der Waals surface area (Å²) in [5.74, 6) is 0.0512. The molecule has 6 heteroatoms. The van der Waals surface area contributed by atoms with E-state index in [1.54, 1.807) is 12.1 Å². The summed E-state index contributed by atoms with van der Waals surface area (Å²) in [6.07, 6.45) is 1.13. The summed E-state index contributed by atoms with van der Waals surface area (Å²) in [6, 6.07) is 10.5. The second kappa shape index (κ2) is 5.93. The fourth-order valence-electron chi connectivity index (χ4n) is 1.65. The first-order chi connectivity index (χ1) is 9.41. The van der Waals surface area contributed by atoms with Crippen molar-refractivity contribution in [2.45, 2.75) is 10.2 Å². The fraction of sp³-hybridized carbons (Fsp3) is 0.143. The summed E-state index contributed by atoms with van der Waals surface area (Å²) >= 11 is 3.27. The monoisotopic (exact) mass is 358 g/mol. The van der Waals surface area contributed by atoms with Crippen molar-refractivity contribution in [1.82, 2.24) is 0 Å². The van der Waals surface area contributed by atoms with Crippen molar-refractivity contribution in [2.75, 3.05) is 6.26 Å². The Morgan fingerprint density at radius 2 is 1.80 bits per heavy atom. The van der Waals surface area contributed by atoms with Crippen LogP contribution in [-0.2, 0) is 15.2 Å². The molecule has 2 aromatic rings. The topological polar surface area (TPSA) is 43.4 Å². The van der Waals surface area contributed by atoms with Crippen molar-refractivity contribution in [3.8, 4) is 11.5 Å². The van der Waals surface area contributed by atoms with Gasteiger partial charge < -0.3 is 4.74 Å². The van der Waals surface area contributed by atoms with E-state index >= 15 is 0 Å². The third-order valence-electron chi connectivity index (χ3n) is 2.66. The highest BCUT2D eigenvalue weighted by atomic mass is 79.9. The standard InChI is InChI=1S/C14H12BrFO3S/c1-20(17,18)12-7-5-11(6-8-12)19-14-10(9-15)3-2-4-13(14)16/h2-8H,9H2,1H3. The molecule has 0 heterocycles. The van der Waals surface area contributed by atoms with Crippen LogP contribution in [0.15, 0.2) is 47.4 Å². The van der Waals surface area contributed by atoms with Crippen LogP contribution in [0.2, 0.25) is 0 Å². The molecule has 0 fully saturated rings. The highest BCUT2D eigenvalue weighted by Crippen LogP contribution is 2.30. The molecule has 0 aliphatic rings. The van der Waals surface area contributed by atoms with Crippen LogP contribution in [0.5, 0.6) is 11.5 Å². The molecule has 0 unspecified atom stereocenters. The first-order valence-electron chi connectivity index (χ1n) is 5.73. The summed E-state index contributed by atoms with van der Waals surface area (Å²) in [6.45, 7) is 0. The number of para-hydroxylation sites is 1. The molecule has 0 spiro atoms. The Morgan fingerprint density at radius 3 is 2.35 bits per heavy atom. The maximum atomic E-state index is 13.7. The van der Waals surface area contributed by atoms with Crippen LogP contribution in [0.3, 0.4) is 0 Å². The lowest BCUT2D eigenvalue weighted by molar-refractivity contribution is 0.438. The van der Waals surface area contributed by atoms with Crippen molar-refractivity contribution in [2.24, 2.45) is 0 Å². The van der Waals surface area contributed by atoms with Gasteiger partial charge in [-0.25, -0.2) is 12.8 Å². The maximum absolute atomic E-state index is 13.7. The van der Waals surface area contributed by atoms with Crippen molar-refractivity contribution in [3.63, 3.8) is 0 Å². The summed E-state index contributed by atoms with van der Waals surface area (Å²) in [5.41, 5.74) is 0.678. The second-order valence-electron chi connectivity index (χ2n) is 4.21. The minimum absolute atomic E-state index is 0.136. The molecule has 106 valence electrons. The van der Waals surface area contributed by atoms with E-state index in [2.05, 4.69) is 15.9 Å². The predicted octanol–water partition coefficient (Wildman–Crippen LogP) is 3.92. The molecule has 0 atom stereocenters. The number of rotatable bonds is 4. The van der Waals surface area contributed by atoms with E-state index in [1.807, 2.05) is 0 Å². The number of alkyl halides is 1. The van der Waals surface area contributed by atoms with Gasteiger partial charge in [-0.2, -0.15) is 0 Å². The molecule has 0 radical (unpaired) electrons. The zero-order valence-electron chi connectivity index (χ0n) is 10.6. The maximum Gasteiger partial charge on any atom is 0.175 e. The molecule has 20 heavy (non-hydrogen) atoms. The van der Waals surface area contributed by atoms with Crippen LogP contribution in [0.4, 0.5) is 4.39 Å². The Kier molecular flexibility index (Phi) is 4.45. The molecule has 0 saturated heterocycles. The average molecular weight is 359 g/mol. The van der Waals surface area contributed by atoms with Crippen LogP contribution < -0.4 is 4.74 Å².